The van der Waals surface area contributed by atoms with Crippen LogP contribution < -0.4 is 5.32 Å². The summed E-state index contributed by atoms with van der Waals surface area (Å²) in [7, 11) is -3.74. The second kappa shape index (κ2) is 9.18. The van der Waals surface area contributed by atoms with Crippen LogP contribution in [0.5, 0.6) is 0 Å². The van der Waals surface area contributed by atoms with Crippen molar-refractivity contribution in [1.82, 2.24) is 15.1 Å². The Hall–Kier alpha value is -2.85. The minimum absolute atomic E-state index is 0.136. The molecule has 0 aliphatic rings. The Morgan fingerprint density at radius 1 is 1.21 bits per heavy atom. The highest BCUT2D eigenvalue weighted by molar-refractivity contribution is 7.90. The summed E-state index contributed by atoms with van der Waals surface area (Å²) >= 11 is 6.01. The Bertz CT molecular complexity index is 1300. The summed E-state index contributed by atoms with van der Waals surface area (Å²) in [5.74, 6) is -5.49. The zero-order valence-electron chi connectivity index (χ0n) is 17.9. The van der Waals surface area contributed by atoms with Crippen molar-refractivity contribution in [1.29, 1.82) is 0 Å². The molecule has 176 valence electrons. The van der Waals surface area contributed by atoms with Gasteiger partial charge in [-0.2, -0.15) is 13.9 Å². The van der Waals surface area contributed by atoms with E-state index in [4.69, 9.17) is 11.6 Å². The molecule has 1 unspecified atom stereocenters. The molecule has 33 heavy (non-hydrogen) atoms. The van der Waals surface area contributed by atoms with Crippen molar-refractivity contribution < 1.29 is 26.4 Å². The molecule has 0 saturated heterocycles. The Morgan fingerprint density at radius 3 is 2.48 bits per heavy atom. The van der Waals surface area contributed by atoms with E-state index in [0.717, 1.165) is 25.3 Å². The van der Waals surface area contributed by atoms with Crippen LogP contribution in [0, 0.1) is 5.82 Å². The molecule has 3 rings (SSSR count). The zero-order chi connectivity index (χ0) is 24.6. The fourth-order valence-corrected chi connectivity index (χ4v) is 4.07. The Labute approximate surface area is 194 Å². The summed E-state index contributed by atoms with van der Waals surface area (Å²) in [5, 5.41) is 6.99. The molecule has 0 spiro atoms. The lowest BCUT2D eigenvalue weighted by molar-refractivity contribution is -0.122. The van der Waals surface area contributed by atoms with Crippen molar-refractivity contribution in [2.45, 2.75) is 37.1 Å². The first-order valence-electron chi connectivity index (χ1n) is 9.78. The average molecular weight is 500 g/mol. The van der Waals surface area contributed by atoms with Crippen LogP contribution in [0.1, 0.15) is 36.7 Å². The third kappa shape index (κ3) is 5.75. The van der Waals surface area contributed by atoms with Crippen LogP contribution in [0.4, 0.5) is 13.2 Å². The van der Waals surface area contributed by atoms with Crippen LogP contribution in [0.15, 0.2) is 53.4 Å². The third-order valence-electron chi connectivity index (χ3n) is 4.98. The Balaban J connectivity index is 1.83. The molecule has 0 aliphatic heterocycles. The summed E-state index contributed by atoms with van der Waals surface area (Å²) in [4.78, 5) is 12.2. The molecule has 6 nitrogen and oxygen atoms in total. The van der Waals surface area contributed by atoms with E-state index in [-0.39, 0.29) is 17.8 Å². The maximum absolute atomic E-state index is 14.2. The van der Waals surface area contributed by atoms with Crippen LogP contribution in [0.3, 0.4) is 0 Å². The fourth-order valence-electron chi connectivity index (χ4n) is 3.16. The quantitative estimate of drug-likeness (QED) is 0.515. The number of alkyl halides is 2. The van der Waals surface area contributed by atoms with Gasteiger partial charge in [0.05, 0.1) is 23.8 Å². The second-order valence-corrected chi connectivity index (χ2v) is 10.1. The van der Waals surface area contributed by atoms with Gasteiger partial charge in [0.1, 0.15) is 16.4 Å². The van der Waals surface area contributed by atoms with Crippen molar-refractivity contribution in [2.75, 3.05) is 6.26 Å². The van der Waals surface area contributed by atoms with Gasteiger partial charge >= 0.3 is 0 Å². The molecule has 2 aromatic carbocycles. The van der Waals surface area contributed by atoms with Crippen molar-refractivity contribution in [3.05, 3.63) is 76.3 Å². The van der Waals surface area contributed by atoms with E-state index in [9.17, 15) is 26.4 Å². The van der Waals surface area contributed by atoms with Crippen molar-refractivity contribution in [3.8, 4) is 5.69 Å². The van der Waals surface area contributed by atoms with Crippen LogP contribution in [0.25, 0.3) is 5.69 Å². The summed E-state index contributed by atoms with van der Waals surface area (Å²) in [6.07, 6.45) is 0.887. The van der Waals surface area contributed by atoms with E-state index >= 15 is 0 Å². The summed E-state index contributed by atoms with van der Waals surface area (Å²) in [6.45, 7) is 2.10. The fraction of sp³-hybridized carbons (Fsp3) is 0.273. The largest absolute Gasteiger partial charge is 0.350 e. The van der Waals surface area contributed by atoms with Crippen LogP contribution in [0.2, 0.25) is 5.02 Å². The van der Waals surface area contributed by atoms with Crippen LogP contribution in [-0.2, 0) is 27.1 Å². The number of sulfone groups is 1. The lowest BCUT2D eigenvalue weighted by atomic mass is 10.0. The molecule has 0 saturated carbocycles. The predicted octanol–water partition coefficient (Wildman–Crippen LogP) is 4.60. The van der Waals surface area contributed by atoms with Crippen LogP contribution >= 0.6 is 11.6 Å². The highest BCUT2D eigenvalue weighted by atomic mass is 35.5. The molecule has 0 aliphatic carbocycles. The first kappa shape index (κ1) is 24.8. The van der Waals surface area contributed by atoms with Gasteiger partial charge in [0.2, 0.25) is 5.91 Å². The van der Waals surface area contributed by atoms with Gasteiger partial charge in [0.15, 0.2) is 9.84 Å². The lowest BCUT2D eigenvalue weighted by Crippen LogP contribution is -2.28. The predicted molar refractivity (Wildman–Crippen MR) is 118 cm³/mol. The maximum Gasteiger partial charge on any atom is 0.288 e. The molecule has 1 aromatic heterocycles. The first-order valence-corrected chi connectivity index (χ1v) is 12.0. The molecule has 11 heteroatoms. The van der Waals surface area contributed by atoms with Crippen LogP contribution in [-0.4, -0.2) is 30.4 Å². The standard InChI is InChI=1S/C22H21ClF3N3O3S/c1-13(14-7-8-19(18(24)9-14)33(3,31)32)21(30)27-12-17-11-20(22(2,25)26)28-29(17)16-6-4-5-15(23)10-16/h4-11,13H,12H2,1-3H3,(H,27,30). The number of carbonyl (C=O) groups is 1. The second-order valence-electron chi connectivity index (χ2n) is 7.70. The number of rotatable bonds is 7. The number of benzene rings is 2. The molecule has 0 bridgehead atoms. The number of aromatic nitrogens is 2. The number of hydrogen-bond acceptors (Lipinski definition) is 4. The Kier molecular flexibility index (Phi) is 6.90. The normalized spacial score (nSPS) is 13.1. The molecule has 1 N–H and O–H groups in total. The van der Waals surface area contributed by atoms with E-state index in [2.05, 4.69) is 10.4 Å². The lowest BCUT2D eigenvalue weighted by Gasteiger charge is -2.14. The number of amides is 1. The summed E-state index contributed by atoms with van der Waals surface area (Å²) in [5.41, 5.74) is 0.515. The maximum atomic E-state index is 14.2. The number of nitrogens with zero attached hydrogens (tertiary/aromatic N) is 2. The zero-order valence-corrected chi connectivity index (χ0v) is 19.5. The number of halogens is 4. The number of hydrogen-bond donors (Lipinski definition) is 1. The molecule has 1 amide bonds. The van der Waals surface area contributed by atoms with Crippen molar-refractivity contribution >= 4 is 27.3 Å². The van der Waals surface area contributed by atoms with E-state index in [1.54, 1.807) is 24.3 Å². The highest BCUT2D eigenvalue weighted by Crippen LogP contribution is 2.28. The molecule has 1 atom stereocenters. The van der Waals surface area contributed by atoms with Gasteiger partial charge in [-0.25, -0.2) is 17.5 Å². The van der Waals surface area contributed by atoms with E-state index in [0.29, 0.717) is 10.7 Å². The SMILES string of the molecule is CC(C(=O)NCc1cc(C(C)(F)F)nn1-c1cccc(Cl)c1)c1ccc(S(C)(=O)=O)c(F)c1. The monoisotopic (exact) mass is 499 g/mol. The number of carbonyl (C=O) groups excluding carboxylic acids is 1. The molecular formula is C22H21ClF3N3O3S. The van der Waals surface area contributed by atoms with Gasteiger partial charge in [0, 0.05) is 18.2 Å². The summed E-state index contributed by atoms with van der Waals surface area (Å²) in [6, 6.07) is 11.1. The van der Waals surface area contributed by atoms with E-state index in [1.165, 1.54) is 23.7 Å². The minimum atomic E-state index is -3.74. The molecule has 0 fully saturated rings. The average Bonchev–Trinajstić information content (AvgIpc) is 3.15. The number of nitrogens with one attached hydrogen (secondary N) is 1. The summed E-state index contributed by atoms with van der Waals surface area (Å²) < 4.78 is 66.4. The van der Waals surface area contributed by atoms with Gasteiger partial charge in [-0.3, -0.25) is 4.79 Å². The van der Waals surface area contributed by atoms with Gasteiger partial charge in [-0.1, -0.05) is 23.7 Å². The van der Waals surface area contributed by atoms with E-state index < -0.39 is 44.0 Å². The van der Waals surface area contributed by atoms with Gasteiger partial charge in [-0.05, 0) is 48.9 Å². The highest BCUT2D eigenvalue weighted by Gasteiger charge is 2.30. The Morgan fingerprint density at radius 2 is 1.91 bits per heavy atom. The van der Waals surface area contributed by atoms with E-state index in [1.807, 2.05) is 0 Å². The molecule has 0 radical (unpaired) electrons. The van der Waals surface area contributed by atoms with Gasteiger partial charge < -0.3 is 5.32 Å². The molecule has 1 heterocycles. The van der Waals surface area contributed by atoms with Crippen molar-refractivity contribution in [2.24, 2.45) is 0 Å². The van der Waals surface area contributed by atoms with Crippen molar-refractivity contribution in [3.63, 3.8) is 0 Å². The first-order chi connectivity index (χ1) is 15.3. The topological polar surface area (TPSA) is 81.1 Å². The van der Waals surface area contributed by atoms with Gasteiger partial charge in [0.25, 0.3) is 5.92 Å². The minimum Gasteiger partial charge on any atom is -0.350 e. The molecular weight excluding hydrogens is 479 g/mol. The smallest absolute Gasteiger partial charge is 0.288 e. The van der Waals surface area contributed by atoms with Gasteiger partial charge in [-0.15, -0.1) is 0 Å². The third-order valence-corrected chi connectivity index (χ3v) is 6.34. The molecule has 3 aromatic rings.